The maximum atomic E-state index is 13.4. The minimum Gasteiger partial charge on any atom is -0.330 e. The minimum atomic E-state index is -0.870. The molecule has 2 N–H and O–H groups in total. The summed E-state index contributed by atoms with van der Waals surface area (Å²) in [6.45, 7) is 0.379. The van der Waals surface area contributed by atoms with Gasteiger partial charge < -0.3 is 5.73 Å². The van der Waals surface area contributed by atoms with Crippen LogP contribution in [0.4, 0.5) is 4.39 Å². The highest BCUT2D eigenvalue weighted by Gasteiger charge is 2.37. The standard InChI is InChI=1S/C12H11BrClFN2/c13-9-4-5-10(17-11(9)15)12(14)6-2-1-3-8(12)7-16/h1-6,8H,7,16H2. The Morgan fingerprint density at radius 2 is 2.24 bits per heavy atom. The first-order valence-corrected chi connectivity index (χ1v) is 6.32. The van der Waals surface area contributed by atoms with Gasteiger partial charge in [0.05, 0.1) is 10.2 Å². The Hall–Kier alpha value is -0.710. The van der Waals surface area contributed by atoms with Gasteiger partial charge in [0.15, 0.2) is 0 Å². The molecule has 1 heterocycles. The van der Waals surface area contributed by atoms with Crippen molar-refractivity contribution < 1.29 is 4.39 Å². The number of alkyl halides is 1. The molecule has 17 heavy (non-hydrogen) atoms. The molecule has 0 spiro atoms. The van der Waals surface area contributed by atoms with Crippen molar-refractivity contribution in [3.63, 3.8) is 0 Å². The second-order valence-electron chi connectivity index (χ2n) is 3.82. The summed E-state index contributed by atoms with van der Waals surface area (Å²) < 4.78 is 13.8. The van der Waals surface area contributed by atoms with E-state index in [1.54, 1.807) is 18.2 Å². The number of pyridine rings is 1. The van der Waals surface area contributed by atoms with Gasteiger partial charge >= 0.3 is 0 Å². The van der Waals surface area contributed by atoms with Crippen LogP contribution < -0.4 is 5.73 Å². The number of halogens is 3. The molecule has 90 valence electrons. The highest BCUT2D eigenvalue weighted by molar-refractivity contribution is 9.10. The Kier molecular flexibility index (Phi) is 3.66. The molecule has 0 radical (unpaired) electrons. The molecule has 2 unspecified atom stereocenters. The molecule has 1 aromatic heterocycles. The maximum absolute atomic E-state index is 13.4. The van der Waals surface area contributed by atoms with Crippen molar-refractivity contribution in [1.29, 1.82) is 0 Å². The molecule has 1 aliphatic carbocycles. The second-order valence-corrected chi connectivity index (χ2v) is 5.30. The summed E-state index contributed by atoms with van der Waals surface area (Å²) in [5.41, 5.74) is 6.15. The fraction of sp³-hybridized carbons (Fsp3) is 0.250. The number of rotatable bonds is 2. The van der Waals surface area contributed by atoms with Gasteiger partial charge in [-0.25, -0.2) is 4.98 Å². The van der Waals surface area contributed by atoms with Crippen LogP contribution in [0.25, 0.3) is 0 Å². The summed E-state index contributed by atoms with van der Waals surface area (Å²) in [6.07, 6.45) is 7.41. The van der Waals surface area contributed by atoms with Gasteiger partial charge in [-0.3, -0.25) is 0 Å². The first kappa shape index (κ1) is 12.7. The molecule has 1 aliphatic rings. The molecule has 1 aromatic rings. The molecule has 0 amide bonds. The van der Waals surface area contributed by atoms with Gasteiger partial charge in [-0.1, -0.05) is 24.3 Å². The predicted octanol–water partition coefficient (Wildman–Crippen LogP) is 3.12. The Morgan fingerprint density at radius 1 is 1.47 bits per heavy atom. The number of nitrogens with two attached hydrogens (primary N) is 1. The Morgan fingerprint density at radius 3 is 2.88 bits per heavy atom. The zero-order chi connectivity index (χ0) is 12.5. The highest BCUT2D eigenvalue weighted by atomic mass is 79.9. The zero-order valence-corrected chi connectivity index (χ0v) is 11.2. The summed E-state index contributed by atoms with van der Waals surface area (Å²) in [4.78, 5) is 3.01. The average Bonchev–Trinajstić information content (AvgIpc) is 2.33. The lowest BCUT2D eigenvalue weighted by atomic mass is 9.84. The summed E-state index contributed by atoms with van der Waals surface area (Å²) in [7, 11) is 0. The third-order valence-electron chi connectivity index (χ3n) is 2.78. The van der Waals surface area contributed by atoms with Crippen LogP contribution in [0, 0.1) is 11.9 Å². The van der Waals surface area contributed by atoms with E-state index < -0.39 is 10.8 Å². The fourth-order valence-corrected chi connectivity index (χ4v) is 2.37. The van der Waals surface area contributed by atoms with Gasteiger partial charge in [0.2, 0.25) is 5.95 Å². The number of hydrogen-bond acceptors (Lipinski definition) is 2. The van der Waals surface area contributed by atoms with Crippen LogP contribution in [0.15, 0.2) is 40.9 Å². The Balaban J connectivity index is 2.46. The molecular weight excluding hydrogens is 307 g/mol. The van der Waals surface area contributed by atoms with Crippen molar-refractivity contribution in [2.45, 2.75) is 4.87 Å². The van der Waals surface area contributed by atoms with E-state index in [-0.39, 0.29) is 5.92 Å². The fourth-order valence-electron chi connectivity index (χ4n) is 1.81. The lowest BCUT2D eigenvalue weighted by molar-refractivity contribution is 0.500. The number of nitrogens with zero attached hydrogens (tertiary/aromatic N) is 1. The van der Waals surface area contributed by atoms with Crippen LogP contribution in [-0.2, 0) is 4.87 Å². The first-order chi connectivity index (χ1) is 8.08. The molecule has 0 bridgehead atoms. The summed E-state index contributed by atoms with van der Waals surface area (Å²) >= 11 is 9.59. The van der Waals surface area contributed by atoms with Gasteiger partial charge in [-0.05, 0) is 28.1 Å². The summed E-state index contributed by atoms with van der Waals surface area (Å²) in [6, 6.07) is 3.30. The van der Waals surface area contributed by atoms with E-state index >= 15 is 0 Å². The van der Waals surface area contributed by atoms with Crippen molar-refractivity contribution in [2.24, 2.45) is 11.7 Å². The summed E-state index contributed by atoms with van der Waals surface area (Å²) in [5.74, 6) is -0.663. The van der Waals surface area contributed by atoms with Crippen LogP contribution in [0.2, 0.25) is 0 Å². The largest absolute Gasteiger partial charge is 0.330 e. The lowest BCUT2D eigenvalue weighted by Crippen LogP contribution is -2.34. The van der Waals surface area contributed by atoms with E-state index in [2.05, 4.69) is 20.9 Å². The van der Waals surface area contributed by atoms with Crippen molar-refractivity contribution in [1.82, 2.24) is 4.98 Å². The smallest absolute Gasteiger partial charge is 0.227 e. The molecular formula is C12H11BrClFN2. The van der Waals surface area contributed by atoms with Gasteiger partial charge in [0.25, 0.3) is 0 Å². The maximum Gasteiger partial charge on any atom is 0.227 e. The van der Waals surface area contributed by atoms with E-state index in [0.717, 1.165) is 0 Å². The highest BCUT2D eigenvalue weighted by Crippen LogP contribution is 2.40. The normalized spacial score (nSPS) is 27.4. The molecule has 0 aliphatic heterocycles. The van der Waals surface area contributed by atoms with E-state index in [4.69, 9.17) is 17.3 Å². The zero-order valence-electron chi connectivity index (χ0n) is 8.91. The number of aromatic nitrogens is 1. The molecule has 0 aromatic carbocycles. The van der Waals surface area contributed by atoms with E-state index in [9.17, 15) is 4.39 Å². The molecule has 0 fully saturated rings. The monoisotopic (exact) mass is 316 g/mol. The predicted molar refractivity (Wildman–Crippen MR) is 70.3 cm³/mol. The minimum absolute atomic E-state index is 0.0951. The first-order valence-electron chi connectivity index (χ1n) is 5.15. The molecule has 0 saturated carbocycles. The van der Waals surface area contributed by atoms with Crippen LogP contribution in [-0.4, -0.2) is 11.5 Å². The van der Waals surface area contributed by atoms with Gasteiger partial charge in [-0.15, -0.1) is 11.6 Å². The summed E-state index contributed by atoms with van der Waals surface area (Å²) in [5, 5.41) is 0. The van der Waals surface area contributed by atoms with Crippen LogP contribution in [0.1, 0.15) is 5.69 Å². The molecule has 5 heteroatoms. The van der Waals surface area contributed by atoms with Crippen molar-refractivity contribution in [3.05, 3.63) is 52.6 Å². The second kappa shape index (κ2) is 4.88. The average molecular weight is 318 g/mol. The van der Waals surface area contributed by atoms with Crippen molar-refractivity contribution >= 4 is 27.5 Å². The van der Waals surface area contributed by atoms with Crippen LogP contribution in [0.3, 0.4) is 0 Å². The third kappa shape index (κ3) is 2.30. The quantitative estimate of drug-likeness (QED) is 0.672. The van der Waals surface area contributed by atoms with Gasteiger partial charge in [-0.2, -0.15) is 4.39 Å². The Bertz CT molecular complexity index is 489. The van der Waals surface area contributed by atoms with Gasteiger partial charge in [0.1, 0.15) is 4.87 Å². The van der Waals surface area contributed by atoms with E-state index in [1.165, 1.54) is 0 Å². The SMILES string of the molecule is NCC1C=CC=CC1(Cl)c1ccc(Br)c(F)n1. The van der Waals surface area contributed by atoms with E-state index in [0.29, 0.717) is 16.7 Å². The molecule has 2 rings (SSSR count). The number of hydrogen-bond donors (Lipinski definition) is 1. The molecule has 0 saturated heterocycles. The van der Waals surface area contributed by atoms with Gasteiger partial charge in [0, 0.05) is 12.5 Å². The molecule has 2 atom stereocenters. The Labute approximate surface area is 112 Å². The lowest BCUT2D eigenvalue weighted by Gasteiger charge is -2.31. The van der Waals surface area contributed by atoms with Crippen LogP contribution in [0.5, 0.6) is 0 Å². The third-order valence-corrected chi connectivity index (χ3v) is 3.97. The molecule has 2 nitrogen and oxygen atoms in total. The number of allylic oxidation sites excluding steroid dienone is 3. The van der Waals surface area contributed by atoms with Crippen LogP contribution >= 0.6 is 27.5 Å². The van der Waals surface area contributed by atoms with Crippen molar-refractivity contribution in [3.8, 4) is 0 Å². The van der Waals surface area contributed by atoms with Crippen molar-refractivity contribution in [2.75, 3.05) is 6.54 Å². The topological polar surface area (TPSA) is 38.9 Å². The van der Waals surface area contributed by atoms with E-state index in [1.807, 2.05) is 18.2 Å².